The number of benzene rings is 1. The number of halogens is 1. The van der Waals surface area contributed by atoms with Crippen LogP contribution in [0.15, 0.2) is 24.3 Å². The Morgan fingerprint density at radius 3 is 2.52 bits per heavy atom. The van der Waals surface area contributed by atoms with E-state index in [-0.39, 0.29) is 12.2 Å². The number of nitrogens with one attached hydrogen (secondary N) is 2. The van der Waals surface area contributed by atoms with E-state index in [1.165, 1.54) is 30.0 Å². The Bertz CT molecular complexity index is 580. The molecule has 3 amide bonds. The number of amides is 3. The fourth-order valence-electron chi connectivity index (χ4n) is 1.97. The lowest BCUT2D eigenvalue weighted by Crippen LogP contribution is -2.49. The molecule has 0 aliphatic rings. The number of carboxylic acids is 1. The van der Waals surface area contributed by atoms with E-state index in [4.69, 9.17) is 5.11 Å². The number of carboxylic acid groups (broad SMARTS) is 1. The molecule has 1 aromatic carbocycles. The number of para-hydroxylation sites is 1. The summed E-state index contributed by atoms with van der Waals surface area (Å²) in [4.78, 5) is 36.0. The van der Waals surface area contributed by atoms with Crippen LogP contribution in [0.4, 0.5) is 14.9 Å². The molecule has 3 N–H and O–H groups in total. The summed E-state index contributed by atoms with van der Waals surface area (Å²) in [5.74, 6) is -2.34. The van der Waals surface area contributed by atoms with Gasteiger partial charge in [-0.3, -0.25) is 19.8 Å². The molecule has 1 atom stereocenters. The minimum absolute atomic E-state index is 0.0543. The lowest BCUT2D eigenvalue weighted by molar-refractivity contribution is -0.139. The SMILES string of the molecule is CCCN(CC(=O)O)C(C)C(=O)NC(=O)Nc1ccccc1F. The van der Waals surface area contributed by atoms with Crippen LogP contribution in [0.3, 0.4) is 0 Å². The molecule has 126 valence electrons. The molecule has 23 heavy (non-hydrogen) atoms. The van der Waals surface area contributed by atoms with Gasteiger partial charge in [-0.25, -0.2) is 9.18 Å². The van der Waals surface area contributed by atoms with Crippen molar-refractivity contribution < 1.29 is 23.9 Å². The fraction of sp³-hybridized carbons (Fsp3) is 0.400. The van der Waals surface area contributed by atoms with Gasteiger partial charge in [-0.2, -0.15) is 0 Å². The second-order valence-electron chi connectivity index (χ2n) is 4.96. The number of rotatable bonds is 7. The maximum atomic E-state index is 13.4. The van der Waals surface area contributed by atoms with Gasteiger partial charge in [0.1, 0.15) is 5.82 Å². The van der Waals surface area contributed by atoms with E-state index in [0.29, 0.717) is 13.0 Å². The van der Waals surface area contributed by atoms with E-state index in [9.17, 15) is 18.8 Å². The lowest BCUT2D eigenvalue weighted by Gasteiger charge is -2.25. The number of carbonyl (C=O) groups is 3. The summed E-state index contributed by atoms with van der Waals surface area (Å²) in [6, 6.07) is 3.86. The van der Waals surface area contributed by atoms with Crippen LogP contribution in [-0.4, -0.2) is 47.0 Å². The van der Waals surface area contributed by atoms with Crippen LogP contribution < -0.4 is 10.6 Å². The van der Waals surface area contributed by atoms with E-state index in [2.05, 4.69) is 10.6 Å². The van der Waals surface area contributed by atoms with Crippen molar-refractivity contribution in [3.63, 3.8) is 0 Å². The molecule has 1 unspecified atom stereocenters. The third-order valence-electron chi connectivity index (χ3n) is 3.14. The Morgan fingerprint density at radius 2 is 1.96 bits per heavy atom. The van der Waals surface area contributed by atoms with Gasteiger partial charge in [-0.1, -0.05) is 19.1 Å². The molecule has 0 aromatic heterocycles. The summed E-state index contributed by atoms with van der Waals surface area (Å²) in [7, 11) is 0. The van der Waals surface area contributed by atoms with Gasteiger partial charge < -0.3 is 10.4 Å². The van der Waals surface area contributed by atoms with Gasteiger partial charge in [0.05, 0.1) is 18.3 Å². The highest BCUT2D eigenvalue weighted by Gasteiger charge is 2.24. The van der Waals surface area contributed by atoms with Crippen molar-refractivity contribution in [3.05, 3.63) is 30.1 Å². The largest absolute Gasteiger partial charge is 0.480 e. The predicted octanol–water partition coefficient (Wildman–Crippen LogP) is 1.66. The highest BCUT2D eigenvalue weighted by molar-refractivity contribution is 6.02. The summed E-state index contributed by atoms with van der Waals surface area (Å²) in [5.41, 5.74) is -0.0543. The maximum Gasteiger partial charge on any atom is 0.326 e. The standard InChI is InChI=1S/C15H20FN3O4/c1-3-8-19(9-13(20)21)10(2)14(22)18-15(23)17-12-7-5-4-6-11(12)16/h4-7,10H,3,8-9H2,1-2H3,(H,20,21)(H2,17,18,22,23). The molecule has 1 aromatic rings. The zero-order valence-electron chi connectivity index (χ0n) is 13.0. The van der Waals surface area contributed by atoms with Crippen molar-refractivity contribution in [1.82, 2.24) is 10.2 Å². The summed E-state index contributed by atoms with van der Waals surface area (Å²) < 4.78 is 13.4. The molecule has 0 saturated heterocycles. The molecule has 0 saturated carbocycles. The Kier molecular flexibility index (Phi) is 7.14. The molecule has 7 nitrogen and oxygen atoms in total. The molecule has 0 fully saturated rings. The van der Waals surface area contributed by atoms with Crippen molar-refractivity contribution in [2.24, 2.45) is 0 Å². The van der Waals surface area contributed by atoms with Crippen LogP contribution in [0.1, 0.15) is 20.3 Å². The van der Waals surface area contributed by atoms with E-state index in [0.717, 1.165) is 0 Å². The number of carbonyl (C=O) groups excluding carboxylic acids is 2. The molecule has 8 heteroatoms. The number of nitrogens with zero attached hydrogens (tertiary/aromatic N) is 1. The van der Waals surface area contributed by atoms with Gasteiger partial charge in [0.25, 0.3) is 0 Å². The first-order valence-corrected chi connectivity index (χ1v) is 7.17. The van der Waals surface area contributed by atoms with Crippen LogP contribution in [-0.2, 0) is 9.59 Å². The number of urea groups is 1. The summed E-state index contributed by atoms with van der Waals surface area (Å²) in [5, 5.41) is 13.2. The molecule has 0 aliphatic carbocycles. The number of anilines is 1. The Hall–Kier alpha value is -2.48. The molecule has 1 rings (SSSR count). The van der Waals surface area contributed by atoms with Gasteiger partial charge in [-0.05, 0) is 32.0 Å². The van der Waals surface area contributed by atoms with Gasteiger partial charge in [-0.15, -0.1) is 0 Å². The molecule has 0 radical (unpaired) electrons. The normalized spacial score (nSPS) is 11.8. The molecule has 0 heterocycles. The van der Waals surface area contributed by atoms with Crippen molar-refractivity contribution in [2.45, 2.75) is 26.3 Å². The van der Waals surface area contributed by atoms with Crippen LogP contribution >= 0.6 is 0 Å². The monoisotopic (exact) mass is 325 g/mol. The van der Waals surface area contributed by atoms with Gasteiger partial charge in [0.15, 0.2) is 0 Å². The van der Waals surface area contributed by atoms with Crippen LogP contribution in [0.25, 0.3) is 0 Å². The number of hydrogen-bond acceptors (Lipinski definition) is 4. The molecule has 0 aliphatic heterocycles. The minimum Gasteiger partial charge on any atom is -0.480 e. The lowest BCUT2D eigenvalue weighted by atomic mass is 10.2. The first-order valence-electron chi connectivity index (χ1n) is 7.17. The number of imide groups is 1. The highest BCUT2D eigenvalue weighted by atomic mass is 19.1. The van der Waals surface area contributed by atoms with E-state index in [1.54, 1.807) is 6.07 Å². The summed E-state index contributed by atoms with van der Waals surface area (Å²) in [6.45, 7) is 3.45. The predicted molar refractivity (Wildman–Crippen MR) is 82.5 cm³/mol. The fourth-order valence-corrected chi connectivity index (χ4v) is 1.97. The van der Waals surface area contributed by atoms with E-state index >= 15 is 0 Å². The molecular weight excluding hydrogens is 305 g/mol. The Labute approximate surface area is 133 Å². The van der Waals surface area contributed by atoms with E-state index in [1.807, 2.05) is 6.92 Å². The molecular formula is C15H20FN3O4. The topological polar surface area (TPSA) is 98.7 Å². The average Bonchev–Trinajstić information content (AvgIpc) is 2.48. The van der Waals surface area contributed by atoms with Crippen LogP contribution in [0.5, 0.6) is 0 Å². The molecule has 0 spiro atoms. The summed E-state index contributed by atoms with van der Waals surface area (Å²) >= 11 is 0. The summed E-state index contributed by atoms with van der Waals surface area (Å²) in [6.07, 6.45) is 0.659. The van der Waals surface area contributed by atoms with E-state index < -0.39 is 29.8 Å². The minimum atomic E-state index is -1.06. The van der Waals surface area contributed by atoms with Gasteiger partial charge in [0, 0.05) is 0 Å². The van der Waals surface area contributed by atoms with Crippen LogP contribution in [0, 0.1) is 5.82 Å². The molecule has 0 bridgehead atoms. The zero-order chi connectivity index (χ0) is 17.4. The van der Waals surface area contributed by atoms with Gasteiger partial charge >= 0.3 is 12.0 Å². The quantitative estimate of drug-likeness (QED) is 0.708. The van der Waals surface area contributed by atoms with Crippen molar-refractivity contribution in [1.29, 1.82) is 0 Å². The van der Waals surface area contributed by atoms with Crippen molar-refractivity contribution >= 4 is 23.6 Å². The van der Waals surface area contributed by atoms with Crippen molar-refractivity contribution in [2.75, 3.05) is 18.4 Å². The zero-order valence-corrected chi connectivity index (χ0v) is 13.0. The first kappa shape index (κ1) is 18.6. The van der Waals surface area contributed by atoms with Crippen LogP contribution in [0.2, 0.25) is 0 Å². The second kappa shape index (κ2) is 8.84. The Balaban J connectivity index is 2.64. The number of hydrogen-bond donors (Lipinski definition) is 3. The second-order valence-corrected chi connectivity index (χ2v) is 4.96. The average molecular weight is 325 g/mol. The first-order chi connectivity index (χ1) is 10.8. The number of aliphatic carboxylic acids is 1. The van der Waals surface area contributed by atoms with Gasteiger partial charge in [0.2, 0.25) is 5.91 Å². The third kappa shape index (κ3) is 6.03. The Morgan fingerprint density at radius 1 is 1.30 bits per heavy atom. The maximum absolute atomic E-state index is 13.4. The smallest absolute Gasteiger partial charge is 0.326 e. The third-order valence-corrected chi connectivity index (χ3v) is 3.14. The highest BCUT2D eigenvalue weighted by Crippen LogP contribution is 2.12. The van der Waals surface area contributed by atoms with Crippen molar-refractivity contribution in [3.8, 4) is 0 Å².